The van der Waals surface area contributed by atoms with Gasteiger partial charge in [0.05, 0.1) is 6.04 Å². The second-order valence-electron chi connectivity index (χ2n) is 8.86. The van der Waals surface area contributed by atoms with Gasteiger partial charge in [-0.1, -0.05) is 37.3 Å². The monoisotopic (exact) mass is 438 g/mol. The van der Waals surface area contributed by atoms with Gasteiger partial charge in [-0.05, 0) is 62.7 Å². The Morgan fingerprint density at radius 1 is 0.968 bits per heavy atom. The van der Waals surface area contributed by atoms with Gasteiger partial charge >= 0.3 is 0 Å². The molecule has 0 radical (unpaired) electrons. The molecule has 0 amide bonds. The summed E-state index contributed by atoms with van der Waals surface area (Å²) in [6, 6.07) is 12.6. The summed E-state index contributed by atoms with van der Waals surface area (Å²) >= 11 is 5.60. The second-order valence-corrected chi connectivity index (χ2v) is 9.26. The Bertz CT molecular complexity index is 860. The standard InChI is InChI=1S/C24H34N6S/c1-18-11-15-30(16-12-18)22-17-21(29-13-7-4-8-14-29)26-23(27-22)28-24(31)25-19(2)20-9-5-3-6-10-20/h3,5-6,9-10,17-19H,4,7-8,11-16H2,1-2H3,(H2,25,26,27,28,31)/t19-/m1/s1. The first-order valence-electron chi connectivity index (χ1n) is 11.6. The van der Waals surface area contributed by atoms with Gasteiger partial charge in [0.2, 0.25) is 5.95 Å². The molecule has 31 heavy (non-hydrogen) atoms. The van der Waals surface area contributed by atoms with E-state index in [2.05, 4.69) is 52.5 Å². The van der Waals surface area contributed by atoms with Gasteiger partial charge in [0.15, 0.2) is 5.11 Å². The maximum atomic E-state index is 5.60. The highest BCUT2D eigenvalue weighted by Crippen LogP contribution is 2.27. The van der Waals surface area contributed by atoms with Crippen molar-refractivity contribution in [3.8, 4) is 0 Å². The molecule has 0 unspecified atom stereocenters. The van der Waals surface area contributed by atoms with Gasteiger partial charge in [0, 0.05) is 32.2 Å². The maximum absolute atomic E-state index is 5.60. The molecule has 2 aliphatic heterocycles. The van der Waals surface area contributed by atoms with E-state index >= 15 is 0 Å². The lowest BCUT2D eigenvalue weighted by atomic mass is 9.99. The molecule has 1 aromatic carbocycles. The molecule has 2 N–H and O–H groups in total. The first-order chi connectivity index (χ1) is 15.1. The van der Waals surface area contributed by atoms with Gasteiger partial charge in [-0.2, -0.15) is 9.97 Å². The number of thiocarbonyl (C=S) groups is 1. The number of aromatic nitrogens is 2. The normalized spacial score (nSPS) is 18.5. The maximum Gasteiger partial charge on any atom is 0.232 e. The van der Waals surface area contributed by atoms with Crippen LogP contribution in [0.4, 0.5) is 17.6 Å². The van der Waals surface area contributed by atoms with E-state index in [9.17, 15) is 0 Å². The van der Waals surface area contributed by atoms with E-state index in [1.165, 1.54) is 37.7 Å². The van der Waals surface area contributed by atoms with Crippen LogP contribution in [0.3, 0.4) is 0 Å². The van der Waals surface area contributed by atoms with Crippen LogP contribution in [0.15, 0.2) is 36.4 Å². The highest BCUT2D eigenvalue weighted by molar-refractivity contribution is 7.80. The molecule has 3 heterocycles. The number of hydrogen-bond acceptors (Lipinski definition) is 5. The van der Waals surface area contributed by atoms with Crippen molar-refractivity contribution in [1.82, 2.24) is 15.3 Å². The zero-order chi connectivity index (χ0) is 21.6. The second kappa shape index (κ2) is 10.3. The van der Waals surface area contributed by atoms with Gasteiger partial charge in [-0.15, -0.1) is 0 Å². The minimum Gasteiger partial charge on any atom is -0.356 e. The summed E-state index contributed by atoms with van der Waals surface area (Å²) in [4.78, 5) is 14.5. The quantitative estimate of drug-likeness (QED) is 0.653. The van der Waals surface area contributed by atoms with E-state index in [4.69, 9.17) is 22.2 Å². The fraction of sp³-hybridized carbons (Fsp3) is 0.542. The Labute approximate surface area is 191 Å². The van der Waals surface area contributed by atoms with Crippen molar-refractivity contribution in [3.05, 3.63) is 42.0 Å². The molecule has 2 aromatic rings. The minimum atomic E-state index is 0.106. The van der Waals surface area contributed by atoms with E-state index in [-0.39, 0.29) is 6.04 Å². The Kier molecular flexibility index (Phi) is 7.22. The fourth-order valence-electron chi connectivity index (χ4n) is 4.32. The number of nitrogens with zero attached hydrogens (tertiary/aromatic N) is 4. The minimum absolute atomic E-state index is 0.106. The van der Waals surface area contributed by atoms with Crippen molar-refractivity contribution in [2.75, 3.05) is 41.3 Å². The summed E-state index contributed by atoms with van der Waals surface area (Å²) in [6.07, 6.45) is 6.16. The average Bonchev–Trinajstić information content (AvgIpc) is 2.80. The molecule has 6 nitrogen and oxygen atoms in total. The summed E-state index contributed by atoms with van der Waals surface area (Å²) in [5, 5.41) is 7.16. The fourth-order valence-corrected chi connectivity index (χ4v) is 4.59. The highest BCUT2D eigenvalue weighted by Gasteiger charge is 2.21. The Hall–Kier alpha value is -2.41. The summed E-state index contributed by atoms with van der Waals surface area (Å²) in [7, 11) is 0. The third kappa shape index (κ3) is 5.85. The van der Waals surface area contributed by atoms with E-state index < -0.39 is 0 Å². The molecule has 0 aliphatic carbocycles. The van der Waals surface area contributed by atoms with Crippen LogP contribution in [0.2, 0.25) is 0 Å². The molecule has 2 saturated heterocycles. The molecule has 0 spiro atoms. The molecule has 4 rings (SSSR count). The molecule has 1 atom stereocenters. The summed E-state index contributed by atoms with van der Waals surface area (Å²) in [6.45, 7) is 8.65. The van der Waals surface area contributed by atoms with Crippen LogP contribution < -0.4 is 20.4 Å². The van der Waals surface area contributed by atoms with Crippen LogP contribution in [-0.2, 0) is 0 Å². The van der Waals surface area contributed by atoms with Gasteiger partial charge in [0.1, 0.15) is 11.6 Å². The van der Waals surface area contributed by atoms with Crippen molar-refractivity contribution in [2.24, 2.45) is 5.92 Å². The predicted octanol–water partition coefficient (Wildman–Crippen LogP) is 4.75. The van der Waals surface area contributed by atoms with Crippen molar-refractivity contribution in [3.63, 3.8) is 0 Å². The third-order valence-corrected chi connectivity index (χ3v) is 6.58. The topological polar surface area (TPSA) is 56.3 Å². The van der Waals surface area contributed by atoms with Crippen molar-refractivity contribution >= 4 is 34.9 Å². The lowest BCUT2D eigenvalue weighted by Crippen LogP contribution is -2.36. The lowest BCUT2D eigenvalue weighted by molar-refractivity contribution is 0.436. The number of nitrogens with one attached hydrogen (secondary N) is 2. The molecule has 2 aliphatic rings. The van der Waals surface area contributed by atoms with Gasteiger partial charge in [-0.25, -0.2) is 0 Å². The highest BCUT2D eigenvalue weighted by atomic mass is 32.1. The first kappa shape index (κ1) is 21.8. The molecule has 1 aromatic heterocycles. The molecule has 7 heteroatoms. The van der Waals surface area contributed by atoms with Crippen molar-refractivity contribution in [1.29, 1.82) is 0 Å². The summed E-state index contributed by atoms with van der Waals surface area (Å²) in [5.41, 5.74) is 1.19. The largest absolute Gasteiger partial charge is 0.356 e. The molecular formula is C24H34N6S. The molecule has 0 saturated carbocycles. The smallest absolute Gasteiger partial charge is 0.232 e. The number of anilines is 3. The van der Waals surface area contributed by atoms with Crippen molar-refractivity contribution < 1.29 is 0 Å². The molecule has 166 valence electrons. The number of piperidine rings is 2. The van der Waals surface area contributed by atoms with Crippen LogP contribution in [0.25, 0.3) is 0 Å². The number of hydrogen-bond donors (Lipinski definition) is 2. The predicted molar refractivity (Wildman–Crippen MR) is 133 cm³/mol. The van der Waals surface area contributed by atoms with Crippen LogP contribution in [-0.4, -0.2) is 41.3 Å². The molecule has 0 bridgehead atoms. The van der Waals surface area contributed by atoms with Crippen molar-refractivity contribution in [2.45, 2.75) is 52.0 Å². The molecule has 2 fully saturated rings. The third-order valence-electron chi connectivity index (χ3n) is 6.36. The Balaban J connectivity index is 1.51. The van der Waals surface area contributed by atoms with Gasteiger partial charge in [-0.3, -0.25) is 0 Å². The van der Waals surface area contributed by atoms with E-state index in [1.54, 1.807) is 0 Å². The van der Waals surface area contributed by atoms with Crippen LogP contribution in [0, 0.1) is 5.92 Å². The van der Waals surface area contributed by atoms with E-state index in [0.717, 1.165) is 43.7 Å². The Morgan fingerprint density at radius 3 is 2.23 bits per heavy atom. The van der Waals surface area contributed by atoms with Gasteiger partial charge in [0.25, 0.3) is 0 Å². The zero-order valence-corrected chi connectivity index (χ0v) is 19.5. The SMILES string of the molecule is CC1CCN(c2cc(N3CCCCC3)nc(NC(=S)N[C@H](C)c3ccccc3)n2)CC1. The van der Waals surface area contributed by atoms with E-state index in [0.29, 0.717) is 11.1 Å². The van der Waals surface area contributed by atoms with Crippen LogP contribution in [0.5, 0.6) is 0 Å². The Morgan fingerprint density at radius 2 is 1.58 bits per heavy atom. The first-order valence-corrected chi connectivity index (χ1v) is 12.0. The summed E-state index contributed by atoms with van der Waals surface area (Å²) in [5.74, 6) is 3.37. The van der Waals surface area contributed by atoms with Crippen LogP contribution in [0.1, 0.15) is 57.6 Å². The van der Waals surface area contributed by atoms with Crippen LogP contribution >= 0.6 is 12.2 Å². The number of rotatable bonds is 5. The zero-order valence-electron chi connectivity index (χ0n) is 18.7. The number of benzene rings is 1. The summed E-state index contributed by atoms with van der Waals surface area (Å²) < 4.78 is 0. The average molecular weight is 439 g/mol. The van der Waals surface area contributed by atoms with E-state index in [1.807, 2.05) is 18.2 Å². The molecular weight excluding hydrogens is 404 g/mol. The van der Waals surface area contributed by atoms with Gasteiger partial charge < -0.3 is 20.4 Å². The lowest BCUT2D eigenvalue weighted by Gasteiger charge is -2.33.